The van der Waals surface area contributed by atoms with Crippen LogP contribution in [0.15, 0.2) is 18.2 Å². The second-order valence-corrected chi connectivity index (χ2v) is 6.28. The van der Waals surface area contributed by atoms with Gasteiger partial charge in [0, 0.05) is 6.04 Å². The monoisotopic (exact) mass is 276 g/mol. The average Bonchev–Trinajstić information content (AvgIpc) is 2.98. The van der Waals surface area contributed by atoms with Gasteiger partial charge < -0.3 is 5.32 Å². The Kier molecular flexibility index (Phi) is 4.37. The fourth-order valence-electron chi connectivity index (χ4n) is 3.81. The second kappa shape index (κ2) is 6.23. The van der Waals surface area contributed by atoms with E-state index in [9.17, 15) is 4.39 Å². The van der Waals surface area contributed by atoms with Gasteiger partial charge in [-0.15, -0.1) is 0 Å². The quantitative estimate of drug-likeness (QED) is 0.911. The number of rotatable bonds is 3. The normalized spacial score (nSPS) is 23.1. The summed E-state index contributed by atoms with van der Waals surface area (Å²) in [5, 5.41) is 3.45. The molecule has 1 aromatic carbocycles. The lowest BCUT2D eigenvalue weighted by Crippen LogP contribution is -2.38. The van der Waals surface area contributed by atoms with Crippen molar-refractivity contribution in [3.8, 4) is 0 Å². The van der Waals surface area contributed by atoms with E-state index in [-0.39, 0.29) is 5.82 Å². The van der Waals surface area contributed by atoms with Crippen molar-refractivity contribution in [3.63, 3.8) is 0 Å². The van der Waals surface area contributed by atoms with E-state index >= 15 is 0 Å². The highest BCUT2D eigenvalue weighted by Crippen LogP contribution is 2.36. The Hall–Kier alpha value is -0.930. The minimum absolute atomic E-state index is 0.0840. The summed E-state index contributed by atoms with van der Waals surface area (Å²) in [4.78, 5) is 2.63. The molecule has 3 heteroatoms. The molecule has 0 bridgehead atoms. The Morgan fingerprint density at radius 1 is 1.20 bits per heavy atom. The first-order valence-corrected chi connectivity index (χ1v) is 7.96. The number of likely N-dealkylation sites (tertiary alicyclic amines) is 1. The van der Waals surface area contributed by atoms with Gasteiger partial charge in [0.05, 0.1) is 0 Å². The summed E-state index contributed by atoms with van der Waals surface area (Å²) >= 11 is 0. The molecule has 0 saturated carbocycles. The molecule has 0 aromatic heterocycles. The van der Waals surface area contributed by atoms with Crippen LogP contribution in [-0.4, -0.2) is 31.1 Å². The van der Waals surface area contributed by atoms with Crippen LogP contribution in [0.3, 0.4) is 0 Å². The van der Waals surface area contributed by atoms with E-state index in [2.05, 4.69) is 16.3 Å². The van der Waals surface area contributed by atoms with Gasteiger partial charge >= 0.3 is 0 Å². The summed E-state index contributed by atoms with van der Waals surface area (Å²) < 4.78 is 13.6. The highest BCUT2D eigenvalue weighted by Gasteiger charge is 2.31. The maximum absolute atomic E-state index is 13.6. The van der Waals surface area contributed by atoms with E-state index in [0.29, 0.717) is 12.0 Å². The van der Waals surface area contributed by atoms with E-state index in [0.717, 1.165) is 18.7 Å². The molecule has 3 rings (SSSR count). The van der Waals surface area contributed by atoms with Gasteiger partial charge in [-0.2, -0.15) is 0 Å². The lowest BCUT2D eigenvalue weighted by molar-refractivity contribution is 0.148. The predicted molar refractivity (Wildman–Crippen MR) is 80.3 cm³/mol. The first-order valence-electron chi connectivity index (χ1n) is 7.96. The molecular weight excluding hydrogens is 251 g/mol. The molecule has 1 N–H and O–H groups in total. The summed E-state index contributed by atoms with van der Waals surface area (Å²) in [7, 11) is 0. The van der Waals surface area contributed by atoms with Crippen molar-refractivity contribution < 1.29 is 4.39 Å². The maximum Gasteiger partial charge on any atom is 0.126 e. The zero-order valence-electron chi connectivity index (χ0n) is 12.4. The van der Waals surface area contributed by atoms with Gasteiger partial charge in [-0.25, -0.2) is 4.39 Å². The number of benzene rings is 1. The third kappa shape index (κ3) is 2.89. The van der Waals surface area contributed by atoms with Gasteiger partial charge in [0.25, 0.3) is 0 Å². The van der Waals surface area contributed by atoms with Crippen molar-refractivity contribution in [2.45, 2.75) is 38.6 Å². The Morgan fingerprint density at radius 3 is 2.55 bits per heavy atom. The molecule has 2 aliphatic heterocycles. The van der Waals surface area contributed by atoms with Gasteiger partial charge in [0.1, 0.15) is 5.82 Å². The highest BCUT2D eigenvalue weighted by atomic mass is 19.1. The molecule has 2 fully saturated rings. The van der Waals surface area contributed by atoms with Crippen LogP contribution in [0.4, 0.5) is 4.39 Å². The molecular formula is C17H25FN2. The van der Waals surface area contributed by atoms with Gasteiger partial charge in [0.15, 0.2) is 0 Å². The topological polar surface area (TPSA) is 15.3 Å². The molecule has 0 radical (unpaired) electrons. The van der Waals surface area contributed by atoms with E-state index in [1.54, 1.807) is 6.07 Å². The van der Waals surface area contributed by atoms with Crippen LogP contribution >= 0.6 is 0 Å². The number of piperidine rings is 1. The van der Waals surface area contributed by atoms with E-state index in [1.807, 2.05) is 13.0 Å². The first kappa shape index (κ1) is 14.0. The van der Waals surface area contributed by atoms with Crippen molar-refractivity contribution in [1.82, 2.24) is 10.2 Å². The standard InChI is InChI=1S/C17H25FN2/c1-13-12-15(4-5-16(13)18)17(20-10-2-3-11-20)14-6-8-19-9-7-14/h4-5,12,14,17,19H,2-3,6-11H2,1H3. The van der Waals surface area contributed by atoms with Crippen LogP contribution in [0.2, 0.25) is 0 Å². The van der Waals surface area contributed by atoms with Crippen LogP contribution in [0, 0.1) is 18.7 Å². The molecule has 2 nitrogen and oxygen atoms in total. The molecule has 1 atom stereocenters. The number of aryl methyl sites for hydroxylation is 1. The number of halogens is 1. The zero-order chi connectivity index (χ0) is 13.9. The van der Waals surface area contributed by atoms with Crippen molar-refractivity contribution in [2.75, 3.05) is 26.2 Å². The number of hydrogen-bond acceptors (Lipinski definition) is 2. The summed E-state index contributed by atoms with van der Waals surface area (Å²) in [6, 6.07) is 6.21. The first-order chi connectivity index (χ1) is 9.75. The lowest BCUT2D eigenvalue weighted by atomic mass is 9.84. The van der Waals surface area contributed by atoms with Crippen LogP contribution in [0.25, 0.3) is 0 Å². The third-order valence-corrected chi connectivity index (χ3v) is 4.89. The summed E-state index contributed by atoms with van der Waals surface area (Å²) in [6.07, 6.45) is 5.08. The van der Waals surface area contributed by atoms with Gasteiger partial charge in [-0.05, 0) is 81.9 Å². The average molecular weight is 276 g/mol. The summed E-state index contributed by atoms with van der Waals surface area (Å²) in [6.45, 7) is 6.52. The smallest absolute Gasteiger partial charge is 0.126 e. The predicted octanol–water partition coefficient (Wildman–Crippen LogP) is 3.27. The van der Waals surface area contributed by atoms with Gasteiger partial charge in [0.2, 0.25) is 0 Å². The number of hydrogen-bond donors (Lipinski definition) is 1. The van der Waals surface area contributed by atoms with E-state index in [1.165, 1.54) is 44.3 Å². The maximum atomic E-state index is 13.6. The molecule has 2 saturated heterocycles. The summed E-state index contributed by atoms with van der Waals surface area (Å²) in [5.74, 6) is 0.624. The molecule has 1 aromatic rings. The molecule has 110 valence electrons. The lowest BCUT2D eigenvalue weighted by Gasteiger charge is -2.37. The van der Waals surface area contributed by atoms with Crippen molar-refractivity contribution in [1.29, 1.82) is 0 Å². The molecule has 1 unspecified atom stereocenters. The van der Waals surface area contributed by atoms with Crippen molar-refractivity contribution >= 4 is 0 Å². The molecule has 2 heterocycles. The Morgan fingerprint density at radius 2 is 1.90 bits per heavy atom. The van der Waals surface area contributed by atoms with Crippen molar-refractivity contribution in [3.05, 3.63) is 35.1 Å². The van der Waals surface area contributed by atoms with Crippen LogP contribution in [0.1, 0.15) is 42.9 Å². The molecule has 20 heavy (non-hydrogen) atoms. The molecule has 2 aliphatic rings. The van der Waals surface area contributed by atoms with Gasteiger partial charge in [-0.1, -0.05) is 12.1 Å². The fraction of sp³-hybridized carbons (Fsp3) is 0.647. The number of nitrogens with one attached hydrogen (secondary N) is 1. The zero-order valence-corrected chi connectivity index (χ0v) is 12.4. The fourth-order valence-corrected chi connectivity index (χ4v) is 3.81. The minimum atomic E-state index is -0.0840. The molecule has 0 aliphatic carbocycles. The summed E-state index contributed by atoms with van der Waals surface area (Å²) in [5.41, 5.74) is 2.10. The second-order valence-electron chi connectivity index (χ2n) is 6.28. The largest absolute Gasteiger partial charge is 0.317 e. The highest BCUT2D eigenvalue weighted by molar-refractivity contribution is 5.27. The third-order valence-electron chi connectivity index (χ3n) is 4.89. The Labute approximate surface area is 121 Å². The van der Waals surface area contributed by atoms with Crippen LogP contribution in [-0.2, 0) is 0 Å². The SMILES string of the molecule is Cc1cc(C(C2CCNCC2)N2CCCC2)ccc1F. The van der Waals surface area contributed by atoms with E-state index in [4.69, 9.17) is 0 Å². The van der Waals surface area contributed by atoms with E-state index < -0.39 is 0 Å². The number of nitrogens with zero attached hydrogens (tertiary/aromatic N) is 1. The molecule has 0 amide bonds. The Bertz CT molecular complexity index is 448. The Balaban J connectivity index is 1.88. The van der Waals surface area contributed by atoms with Gasteiger partial charge in [-0.3, -0.25) is 4.90 Å². The van der Waals surface area contributed by atoms with Crippen LogP contribution < -0.4 is 5.32 Å². The van der Waals surface area contributed by atoms with Crippen LogP contribution in [0.5, 0.6) is 0 Å². The minimum Gasteiger partial charge on any atom is -0.317 e. The molecule has 0 spiro atoms. The van der Waals surface area contributed by atoms with Crippen molar-refractivity contribution in [2.24, 2.45) is 5.92 Å².